The summed E-state index contributed by atoms with van der Waals surface area (Å²) in [6, 6.07) is 1.72. The highest BCUT2D eigenvalue weighted by molar-refractivity contribution is 5.95. The molecule has 114 valence electrons. The number of hydrogen-bond donors (Lipinski definition) is 2. The molecule has 0 bridgehead atoms. The number of hydrogen-bond acceptors (Lipinski definition) is 6. The van der Waals surface area contributed by atoms with E-state index in [4.69, 9.17) is 10.9 Å². The van der Waals surface area contributed by atoms with E-state index in [1.54, 1.807) is 6.07 Å². The lowest BCUT2D eigenvalue weighted by Crippen LogP contribution is -2.47. The minimum atomic E-state index is 0.0223. The summed E-state index contributed by atoms with van der Waals surface area (Å²) in [5.74, 6) is 1.62. The highest BCUT2D eigenvalue weighted by Gasteiger charge is 2.27. The zero-order chi connectivity index (χ0) is 14.8. The Bertz CT molecular complexity index is 534. The summed E-state index contributed by atoms with van der Waals surface area (Å²) in [6.07, 6.45) is 2.79. The molecule has 0 amide bonds. The quantitative estimate of drug-likeness (QED) is 0.361. The molecule has 3 rings (SSSR count). The van der Waals surface area contributed by atoms with Crippen LogP contribution in [0.2, 0.25) is 0 Å². The summed E-state index contributed by atoms with van der Waals surface area (Å²) >= 11 is 0. The molecular formula is C14H22N6O. The zero-order valence-electron chi connectivity index (χ0n) is 12.4. The van der Waals surface area contributed by atoms with E-state index in [1.165, 1.54) is 19.4 Å². The topological polar surface area (TPSA) is 90.9 Å². The van der Waals surface area contributed by atoms with E-state index in [2.05, 4.69) is 24.9 Å². The van der Waals surface area contributed by atoms with Crippen molar-refractivity contribution >= 4 is 11.8 Å². The third-order valence-corrected chi connectivity index (χ3v) is 4.08. The Morgan fingerprint density at radius 2 is 2.05 bits per heavy atom. The van der Waals surface area contributed by atoms with Crippen LogP contribution in [-0.4, -0.2) is 58.6 Å². The van der Waals surface area contributed by atoms with Crippen LogP contribution in [0, 0.1) is 12.8 Å². The SMILES string of the molecule is Cc1cc(/C(N)=N/O)nc(N2CCN(CC3CC3)CC2)n1. The standard InChI is InChI=1S/C14H22N6O/c1-10-8-12(13(15)18-21)17-14(16-10)20-6-4-19(5-7-20)9-11-2-3-11/h8,11,21H,2-7,9H2,1H3,(H2,15,18). The molecule has 0 unspecified atom stereocenters. The lowest BCUT2D eigenvalue weighted by molar-refractivity contribution is 0.247. The van der Waals surface area contributed by atoms with Crippen LogP contribution in [0.3, 0.4) is 0 Å². The number of amidine groups is 1. The number of piperazine rings is 1. The van der Waals surface area contributed by atoms with Crippen molar-refractivity contribution in [1.29, 1.82) is 0 Å². The first-order valence-electron chi connectivity index (χ1n) is 7.46. The fourth-order valence-corrected chi connectivity index (χ4v) is 2.67. The van der Waals surface area contributed by atoms with Gasteiger partial charge in [0.1, 0.15) is 5.69 Å². The van der Waals surface area contributed by atoms with E-state index in [1.807, 2.05) is 6.92 Å². The van der Waals surface area contributed by atoms with Crippen molar-refractivity contribution in [2.75, 3.05) is 37.6 Å². The smallest absolute Gasteiger partial charge is 0.226 e. The average Bonchev–Trinajstić information content (AvgIpc) is 3.30. The highest BCUT2D eigenvalue weighted by atomic mass is 16.4. The second kappa shape index (κ2) is 5.85. The van der Waals surface area contributed by atoms with Gasteiger partial charge >= 0.3 is 0 Å². The van der Waals surface area contributed by atoms with Crippen LogP contribution in [0.4, 0.5) is 5.95 Å². The molecule has 1 saturated carbocycles. The Morgan fingerprint density at radius 3 is 2.67 bits per heavy atom. The first-order chi connectivity index (χ1) is 10.2. The summed E-state index contributed by atoms with van der Waals surface area (Å²) in [6.45, 7) is 7.07. The molecule has 1 saturated heterocycles. The van der Waals surface area contributed by atoms with Gasteiger partial charge in [-0.3, -0.25) is 4.90 Å². The van der Waals surface area contributed by atoms with Crippen molar-refractivity contribution in [2.45, 2.75) is 19.8 Å². The Balaban J connectivity index is 1.68. The molecule has 1 aromatic rings. The van der Waals surface area contributed by atoms with Gasteiger partial charge in [0.05, 0.1) is 0 Å². The molecule has 0 atom stereocenters. The Kier molecular flexibility index (Phi) is 3.92. The highest BCUT2D eigenvalue weighted by Crippen LogP contribution is 2.30. The molecule has 1 aromatic heterocycles. The van der Waals surface area contributed by atoms with Gasteiger partial charge in [0.15, 0.2) is 5.84 Å². The Labute approximate surface area is 124 Å². The van der Waals surface area contributed by atoms with Crippen LogP contribution >= 0.6 is 0 Å². The lowest BCUT2D eigenvalue weighted by atomic mass is 10.3. The predicted octanol–water partition coefficient (Wildman–Crippen LogP) is 0.412. The van der Waals surface area contributed by atoms with Crippen LogP contribution in [0.1, 0.15) is 24.2 Å². The number of rotatable bonds is 4. The second-order valence-corrected chi connectivity index (χ2v) is 5.91. The van der Waals surface area contributed by atoms with Crippen LogP contribution in [0.25, 0.3) is 0 Å². The molecule has 2 fully saturated rings. The average molecular weight is 290 g/mol. The molecular weight excluding hydrogens is 268 g/mol. The fourth-order valence-electron chi connectivity index (χ4n) is 2.67. The van der Waals surface area contributed by atoms with Crippen molar-refractivity contribution in [1.82, 2.24) is 14.9 Å². The molecule has 1 aliphatic heterocycles. The molecule has 3 N–H and O–H groups in total. The summed E-state index contributed by atoms with van der Waals surface area (Å²) < 4.78 is 0. The maximum Gasteiger partial charge on any atom is 0.226 e. The van der Waals surface area contributed by atoms with Gasteiger partial charge < -0.3 is 15.8 Å². The molecule has 1 aliphatic carbocycles. The largest absolute Gasteiger partial charge is 0.409 e. The van der Waals surface area contributed by atoms with E-state index in [9.17, 15) is 0 Å². The number of nitrogens with zero attached hydrogens (tertiary/aromatic N) is 5. The first kappa shape index (κ1) is 14.1. The van der Waals surface area contributed by atoms with Crippen LogP contribution in [0.5, 0.6) is 0 Å². The van der Waals surface area contributed by atoms with Crippen molar-refractivity contribution in [2.24, 2.45) is 16.8 Å². The molecule has 0 radical (unpaired) electrons. The van der Waals surface area contributed by atoms with E-state index in [-0.39, 0.29) is 5.84 Å². The molecule has 21 heavy (non-hydrogen) atoms. The van der Waals surface area contributed by atoms with Crippen LogP contribution in [0.15, 0.2) is 11.2 Å². The molecule has 7 heteroatoms. The zero-order valence-corrected chi connectivity index (χ0v) is 12.4. The normalized spacial score (nSPS) is 20.8. The van der Waals surface area contributed by atoms with E-state index in [0.717, 1.165) is 37.8 Å². The van der Waals surface area contributed by atoms with Gasteiger partial charge in [-0.2, -0.15) is 0 Å². The molecule has 7 nitrogen and oxygen atoms in total. The van der Waals surface area contributed by atoms with Gasteiger partial charge in [-0.05, 0) is 31.7 Å². The molecule has 2 heterocycles. The van der Waals surface area contributed by atoms with E-state index in [0.29, 0.717) is 11.6 Å². The molecule has 0 spiro atoms. The van der Waals surface area contributed by atoms with Gasteiger partial charge in [0.2, 0.25) is 5.95 Å². The monoisotopic (exact) mass is 290 g/mol. The number of anilines is 1. The van der Waals surface area contributed by atoms with Gasteiger partial charge in [0.25, 0.3) is 0 Å². The Morgan fingerprint density at radius 1 is 1.33 bits per heavy atom. The van der Waals surface area contributed by atoms with E-state index >= 15 is 0 Å². The summed E-state index contributed by atoms with van der Waals surface area (Å²) in [7, 11) is 0. The predicted molar refractivity (Wildman–Crippen MR) is 80.7 cm³/mol. The number of nitrogens with two attached hydrogens (primary N) is 1. The minimum absolute atomic E-state index is 0.0223. The van der Waals surface area contributed by atoms with Crippen LogP contribution < -0.4 is 10.6 Å². The summed E-state index contributed by atoms with van der Waals surface area (Å²) in [4.78, 5) is 13.6. The van der Waals surface area contributed by atoms with Gasteiger partial charge in [-0.15, -0.1) is 0 Å². The third kappa shape index (κ3) is 3.41. The lowest BCUT2D eigenvalue weighted by Gasteiger charge is -2.34. The number of oxime groups is 1. The van der Waals surface area contributed by atoms with E-state index < -0.39 is 0 Å². The van der Waals surface area contributed by atoms with Gasteiger partial charge in [-0.1, -0.05) is 5.16 Å². The summed E-state index contributed by atoms with van der Waals surface area (Å²) in [5.41, 5.74) is 6.92. The molecule has 0 aromatic carbocycles. The summed E-state index contributed by atoms with van der Waals surface area (Å²) in [5, 5.41) is 11.8. The van der Waals surface area contributed by atoms with Crippen molar-refractivity contribution in [3.63, 3.8) is 0 Å². The minimum Gasteiger partial charge on any atom is -0.409 e. The number of aromatic nitrogens is 2. The number of aryl methyl sites for hydroxylation is 1. The van der Waals surface area contributed by atoms with Crippen molar-refractivity contribution in [3.05, 3.63) is 17.5 Å². The Hall–Kier alpha value is -1.89. The third-order valence-electron chi connectivity index (χ3n) is 4.08. The second-order valence-electron chi connectivity index (χ2n) is 5.91. The van der Waals surface area contributed by atoms with Crippen molar-refractivity contribution in [3.8, 4) is 0 Å². The molecule has 2 aliphatic rings. The maximum atomic E-state index is 8.79. The fraction of sp³-hybridized carbons (Fsp3) is 0.643. The van der Waals surface area contributed by atoms with Crippen LogP contribution in [-0.2, 0) is 0 Å². The van der Waals surface area contributed by atoms with Gasteiger partial charge in [0, 0.05) is 38.4 Å². The first-order valence-corrected chi connectivity index (χ1v) is 7.46. The maximum absolute atomic E-state index is 8.79. The van der Waals surface area contributed by atoms with Crippen molar-refractivity contribution < 1.29 is 5.21 Å². The van der Waals surface area contributed by atoms with Gasteiger partial charge in [-0.25, -0.2) is 9.97 Å².